The molecule has 0 radical (unpaired) electrons. The van der Waals surface area contributed by atoms with Crippen LogP contribution >= 0.6 is 0 Å². The Morgan fingerprint density at radius 3 is 2.81 bits per heavy atom. The molecule has 0 aliphatic rings. The smallest absolute Gasteiger partial charge is 0.251 e. The topological polar surface area (TPSA) is 55.1 Å². The molecule has 0 heterocycles. The molecule has 16 heavy (non-hydrogen) atoms. The van der Waals surface area contributed by atoms with Crippen LogP contribution in [0.25, 0.3) is 0 Å². The Morgan fingerprint density at radius 2 is 2.25 bits per heavy atom. The average Bonchev–Trinajstić information content (AvgIpc) is 2.22. The molecule has 0 spiro atoms. The lowest BCUT2D eigenvalue weighted by atomic mass is 10.1. The van der Waals surface area contributed by atoms with Crippen molar-refractivity contribution >= 4 is 5.91 Å². The van der Waals surface area contributed by atoms with E-state index in [-0.39, 0.29) is 17.8 Å². The van der Waals surface area contributed by atoms with Crippen molar-refractivity contribution in [3.63, 3.8) is 0 Å². The number of benzene rings is 1. The quantitative estimate of drug-likeness (QED) is 0.816. The first-order valence-electron chi connectivity index (χ1n) is 5.31. The molecule has 0 saturated heterocycles. The summed E-state index contributed by atoms with van der Waals surface area (Å²) in [4.78, 5) is 11.7. The van der Waals surface area contributed by atoms with Crippen molar-refractivity contribution in [1.29, 1.82) is 0 Å². The summed E-state index contributed by atoms with van der Waals surface area (Å²) in [6.45, 7) is 4.05. The maximum absolute atomic E-state index is 13.2. The maximum atomic E-state index is 13.2. The first-order valence-corrected chi connectivity index (χ1v) is 5.31. The molecule has 88 valence electrons. The first kappa shape index (κ1) is 12.6. The van der Waals surface area contributed by atoms with Gasteiger partial charge in [-0.3, -0.25) is 4.79 Å². The third-order valence-corrected chi connectivity index (χ3v) is 2.41. The van der Waals surface area contributed by atoms with Crippen LogP contribution in [0.4, 0.5) is 4.39 Å². The third kappa shape index (κ3) is 3.31. The zero-order chi connectivity index (χ0) is 12.1. The standard InChI is InChI=1S/C12H17FN2O/c1-8-3-4-10(7-11(8)13)12(16)15-9(2)5-6-14/h3-4,7,9H,5-6,14H2,1-2H3,(H,15,16). The first-order chi connectivity index (χ1) is 7.54. The molecule has 0 saturated carbocycles. The van der Waals surface area contributed by atoms with Gasteiger partial charge in [0, 0.05) is 11.6 Å². The molecule has 1 amide bonds. The average molecular weight is 224 g/mol. The van der Waals surface area contributed by atoms with Gasteiger partial charge in [-0.1, -0.05) is 6.07 Å². The number of hydrogen-bond donors (Lipinski definition) is 2. The van der Waals surface area contributed by atoms with E-state index in [1.807, 2.05) is 6.92 Å². The van der Waals surface area contributed by atoms with Gasteiger partial charge in [-0.15, -0.1) is 0 Å². The second kappa shape index (κ2) is 5.61. The lowest BCUT2D eigenvalue weighted by Crippen LogP contribution is -2.34. The Balaban J connectivity index is 2.69. The summed E-state index contributed by atoms with van der Waals surface area (Å²) in [7, 11) is 0. The molecule has 1 atom stereocenters. The number of carbonyl (C=O) groups excluding carboxylic acids is 1. The molecule has 0 bridgehead atoms. The predicted octanol–water partition coefficient (Wildman–Crippen LogP) is 1.60. The highest BCUT2D eigenvalue weighted by atomic mass is 19.1. The summed E-state index contributed by atoms with van der Waals surface area (Å²) >= 11 is 0. The molecular formula is C12H17FN2O. The summed E-state index contributed by atoms with van der Waals surface area (Å²) in [6, 6.07) is 4.46. The van der Waals surface area contributed by atoms with Gasteiger partial charge in [0.15, 0.2) is 0 Å². The van der Waals surface area contributed by atoms with E-state index in [0.717, 1.165) is 0 Å². The van der Waals surface area contributed by atoms with Crippen LogP contribution in [0.15, 0.2) is 18.2 Å². The highest BCUT2D eigenvalue weighted by Gasteiger charge is 2.10. The van der Waals surface area contributed by atoms with Gasteiger partial charge in [0.1, 0.15) is 5.82 Å². The highest BCUT2D eigenvalue weighted by molar-refractivity contribution is 5.94. The maximum Gasteiger partial charge on any atom is 0.251 e. The van der Waals surface area contributed by atoms with Crippen molar-refractivity contribution in [2.45, 2.75) is 26.3 Å². The van der Waals surface area contributed by atoms with Gasteiger partial charge in [0.2, 0.25) is 0 Å². The van der Waals surface area contributed by atoms with Gasteiger partial charge in [-0.05, 0) is 44.5 Å². The zero-order valence-electron chi connectivity index (χ0n) is 9.59. The Hall–Kier alpha value is -1.42. The third-order valence-electron chi connectivity index (χ3n) is 2.41. The molecule has 0 aromatic heterocycles. The minimum absolute atomic E-state index is 0.00173. The SMILES string of the molecule is Cc1ccc(C(=O)NC(C)CCN)cc1F. The number of hydrogen-bond acceptors (Lipinski definition) is 2. The summed E-state index contributed by atoms with van der Waals surface area (Å²) in [5, 5.41) is 2.76. The van der Waals surface area contributed by atoms with Gasteiger partial charge in [-0.25, -0.2) is 4.39 Å². The molecule has 1 unspecified atom stereocenters. The van der Waals surface area contributed by atoms with Crippen LogP contribution in [0, 0.1) is 12.7 Å². The second-order valence-electron chi connectivity index (χ2n) is 3.92. The monoisotopic (exact) mass is 224 g/mol. The zero-order valence-corrected chi connectivity index (χ0v) is 9.59. The molecule has 0 aliphatic carbocycles. The molecule has 1 rings (SSSR count). The van der Waals surface area contributed by atoms with Gasteiger partial charge in [0.05, 0.1) is 0 Å². The van der Waals surface area contributed by atoms with Gasteiger partial charge >= 0.3 is 0 Å². The minimum Gasteiger partial charge on any atom is -0.350 e. The Kier molecular flexibility index (Phi) is 4.43. The van der Waals surface area contributed by atoms with Crippen molar-refractivity contribution in [1.82, 2.24) is 5.32 Å². The summed E-state index contributed by atoms with van der Waals surface area (Å²) in [5.41, 5.74) is 6.25. The van der Waals surface area contributed by atoms with Crippen LogP contribution in [0.2, 0.25) is 0 Å². The summed E-state index contributed by atoms with van der Waals surface area (Å²) in [5.74, 6) is -0.626. The van der Waals surface area contributed by atoms with Gasteiger partial charge in [-0.2, -0.15) is 0 Å². The van der Waals surface area contributed by atoms with Crippen molar-refractivity contribution in [3.05, 3.63) is 35.1 Å². The lowest BCUT2D eigenvalue weighted by molar-refractivity contribution is 0.0938. The van der Waals surface area contributed by atoms with Crippen molar-refractivity contribution < 1.29 is 9.18 Å². The van der Waals surface area contributed by atoms with Crippen LogP contribution in [-0.2, 0) is 0 Å². The Labute approximate surface area is 94.8 Å². The van der Waals surface area contributed by atoms with Crippen LogP contribution in [-0.4, -0.2) is 18.5 Å². The number of carbonyl (C=O) groups is 1. The fourth-order valence-electron chi connectivity index (χ4n) is 1.36. The fraction of sp³-hybridized carbons (Fsp3) is 0.417. The molecule has 3 nitrogen and oxygen atoms in total. The Bertz CT molecular complexity index is 379. The van der Waals surface area contributed by atoms with Crippen LogP contribution in [0.5, 0.6) is 0 Å². The predicted molar refractivity (Wildman–Crippen MR) is 61.7 cm³/mol. The Morgan fingerprint density at radius 1 is 1.56 bits per heavy atom. The van der Waals surface area contributed by atoms with Gasteiger partial charge in [0.25, 0.3) is 5.91 Å². The number of nitrogens with one attached hydrogen (secondary N) is 1. The lowest BCUT2D eigenvalue weighted by Gasteiger charge is -2.12. The fourth-order valence-corrected chi connectivity index (χ4v) is 1.36. The van der Waals surface area contributed by atoms with Crippen LogP contribution in [0.1, 0.15) is 29.3 Å². The molecule has 1 aromatic rings. The van der Waals surface area contributed by atoms with Gasteiger partial charge < -0.3 is 11.1 Å². The van der Waals surface area contributed by atoms with Crippen LogP contribution < -0.4 is 11.1 Å². The molecule has 3 N–H and O–H groups in total. The minimum atomic E-state index is -0.362. The number of aryl methyl sites for hydroxylation is 1. The number of rotatable bonds is 4. The molecule has 0 fully saturated rings. The largest absolute Gasteiger partial charge is 0.350 e. The van der Waals surface area contributed by atoms with E-state index in [2.05, 4.69) is 5.32 Å². The number of halogens is 1. The molecule has 1 aromatic carbocycles. The normalized spacial score (nSPS) is 12.2. The van der Waals surface area contributed by atoms with E-state index in [0.29, 0.717) is 24.1 Å². The van der Waals surface area contributed by atoms with E-state index in [1.165, 1.54) is 6.07 Å². The van der Waals surface area contributed by atoms with E-state index in [1.54, 1.807) is 19.1 Å². The highest BCUT2D eigenvalue weighted by Crippen LogP contribution is 2.09. The van der Waals surface area contributed by atoms with Crippen molar-refractivity contribution in [2.75, 3.05) is 6.54 Å². The summed E-state index contributed by atoms with van der Waals surface area (Å²) < 4.78 is 13.2. The van der Waals surface area contributed by atoms with Crippen LogP contribution in [0.3, 0.4) is 0 Å². The molecule has 4 heteroatoms. The van der Waals surface area contributed by atoms with E-state index in [9.17, 15) is 9.18 Å². The van der Waals surface area contributed by atoms with E-state index >= 15 is 0 Å². The molecular weight excluding hydrogens is 207 g/mol. The van der Waals surface area contributed by atoms with E-state index < -0.39 is 0 Å². The second-order valence-corrected chi connectivity index (χ2v) is 3.92. The number of nitrogens with two attached hydrogens (primary N) is 1. The summed E-state index contributed by atoms with van der Waals surface area (Å²) in [6.07, 6.45) is 0.708. The van der Waals surface area contributed by atoms with E-state index in [4.69, 9.17) is 5.73 Å². The molecule has 0 aliphatic heterocycles. The van der Waals surface area contributed by atoms with Crippen molar-refractivity contribution in [2.24, 2.45) is 5.73 Å². The van der Waals surface area contributed by atoms with Crippen molar-refractivity contribution in [3.8, 4) is 0 Å². The number of amides is 1.